The fourth-order valence-corrected chi connectivity index (χ4v) is 3.15. The fraction of sp³-hybridized carbons (Fsp3) is 0.667. The molecule has 142 valence electrons. The van der Waals surface area contributed by atoms with Crippen LogP contribution in [0.15, 0.2) is 29.5 Å². The first-order valence-electron chi connectivity index (χ1n) is 9.10. The maximum absolute atomic E-state index is 11.9. The van der Waals surface area contributed by atoms with Crippen LogP contribution in [0.2, 0.25) is 0 Å². The summed E-state index contributed by atoms with van der Waals surface area (Å²) in [6.45, 7) is 3.01. The maximum atomic E-state index is 11.9. The lowest BCUT2D eigenvalue weighted by Gasteiger charge is -2.20. The predicted molar refractivity (Wildman–Crippen MR) is 113 cm³/mol. The molecule has 1 aromatic rings. The van der Waals surface area contributed by atoms with Crippen LogP contribution >= 0.6 is 24.0 Å². The van der Waals surface area contributed by atoms with Gasteiger partial charge >= 0.3 is 0 Å². The first kappa shape index (κ1) is 21.8. The first-order valence-corrected chi connectivity index (χ1v) is 9.10. The molecule has 0 aliphatic heterocycles. The molecule has 0 bridgehead atoms. The van der Waals surface area contributed by atoms with E-state index in [0.717, 1.165) is 19.0 Å². The molecule has 1 amide bonds. The van der Waals surface area contributed by atoms with Crippen molar-refractivity contribution in [3.63, 3.8) is 0 Å². The Morgan fingerprint density at radius 1 is 1.04 bits per heavy atom. The highest BCUT2D eigenvalue weighted by atomic mass is 127. The number of nitrogens with one attached hydrogen (secondary N) is 3. The molecule has 1 aliphatic carbocycles. The van der Waals surface area contributed by atoms with Crippen LogP contribution < -0.4 is 16.0 Å². The molecule has 25 heavy (non-hydrogen) atoms. The van der Waals surface area contributed by atoms with E-state index in [0.29, 0.717) is 25.4 Å². The molecule has 1 aromatic heterocycles. The molecule has 1 saturated carbocycles. The number of nitrogens with zero attached hydrogens (tertiary/aromatic N) is 2. The van der Waals surface area contributed by atoms with Crippen LogP contribution in [0.5, 0.6) is 0 Å². The molecule has 1 aliphatic rings. The van der Waals surface area contributed by atoms with Crippen molar-refractivity contribution in [3.05, 3.63) is 24.5 Å². The highest BCUT2D eigenvalue weighted by Gasteiger charge is 2.16. The second-order valence-electron chi connectivity index (χ2n) is 6.40. The summed E-state index contributed by atoms with van der Waals surface area (Å²) in [6, 6.07) is 4.03. The first-order chi connectivity index (χ1) is 11.8. The van der Waals surface area contributed by atoms with Crippen LogP contribution in [0.25, 0.3) is 0 Å². The van der Waals surface area contributed by atoms with Crippen LogP contribution in [-0.4, -0.2) is 43.1 Å². The Balaban J connectivity index is 0.00000312. The van der Waals surface area contributed by atoms with Crippen molar-refractivity contribution < 1.29 is 4.79 Å². The number of aromatic nitrogens is 1. The average Bonchev–Trinajstić information content (AvgIpc) is 3.11. The minimum Gasteiger partial charge on any atom is -0.355 e. The number of carbonyl (C=O) groups excluding carboxylic acids is 1. The highest BCUT2D eigenvalue weighted by molar-refractivity contribution is 14.0. The summed E-state index contributed by atoms with van der Waals surface area (Å²) in [7, 11) is 1.76. The second kappa shape index (κ2) is 13.0. The van der Waals surface area contributed by atoms with Gasteiger partial charge in [0.1, 0.15) is 0 Å². The van der Waals surface area contributed by atoms with Crippen molar-refractivity contribution in [1.29, 1.82) is 0 Å². The molecule has 7 heteroatoms. The molecule has 0 atom stereocenters. The Morgan fingerprint density at radius 3 is 2.36 bits per heavy atom. The van der Waals surface area contributed by atoms with Gasteiger partial charge in [-0.3, -0.25) is 9.79 Å². The molecule has 0 spiro atoms. The van der Waals surface area contributed by atoms with Gasteiger partial charge in [-0.1, -0.05) is 19.3 Å². The molecular formula is C18H32IN5O. The summed E-state index contributed by atoms with van der Waals surface area (Å²) in [4.78, 5) is 16.1. The van der Waals surface area contributed by atoms with E-state index in [2.05, 4.69) is 25.5 Å². The number of aliphatic imine (C=N–C) groups is 1. The van der Waals surface area contributed by atoms with E-state index in [1.54, 1.807) is 7.05 Å². The molecule has 1 fully saturated rings. The van der Waals surface area contributed by atoms with Crippen molar-refractivity contribution in [1.82, 2.24) is 20.5 Å². The topological polar surface area (TPSA) is 70.4 Å². The summed E-state index contributed by atoms with van der Waals surface area (Å²) in [6.07, 6.45) is 11.1. The van der Waals surface area contributed by atoms with Gasteiger partial charge in [-0.25, -0.2) is 0 Å². The zero-order chi connectivity index (χ0) is 17.0. The lowest BCUT2D eigenvalue weighted by atomic mass is 9.87. The normalized spacial score (nSPS) is 15.3. The number of hydrogen-bond acceptors (Lipinski definition) is 2. The third kappa shape index (κ3) is 9.13. The molecule has 2 rings (SSSR count). The van der Waals surface area contributed by atoms with Crippen LogP contribution in [0.4, 0.5) is 0 Å². The van der Waals surface area contributed by atoms with E-state index < -0.39 is 0 Å². The summed E-state index contributed by atoms with van der Waals surface area (Å²) in [5.41, 5.74) is 0. The van der Waals surface area contributed by atoms with Gasteiger partial charge in [0.05, 0.1) is 0 Å². The van der Waals surface area contributed by atoms with Crippen LogP contribution in [0, 0.1) is 5.92 Å². The van der Waals surface area contributed by atoms with Crippen molar-refractivity contribution in [2.75, 3.05) is 26.7 Å². The Labute approximate surface area is 168 Å². The zero-order valence-electron chi connectivity index (χ0n) is 15.2. The molecular weight excluding hydrogens is 429 g/mol. The lowest BCUT2D eigenvalue weighted by molar-refractivity contribution is -0.122. The van der Waals surface area contributed by atoms with E-state index in [4.69, 9.17) is 0 Å². The third-order valence-corrected chi connectivity index (χ3v) is 4.49. The largest absolute Gasteiger partial charge is 0.355 e. The van der Waals surface area contributed by atoms with Gasteiger partial charge in [0.2, 0.25) is 5.91 Å². The molecule has 3 N–H and O–H groups in total. The second-order valence-corrected chi connectivity index (χ2v) is 6.40. The number of guanidine groups is 1. The van der Waals surface area contributed by atoms with E-state index in [-0.39, 0.29) is 29.9 Å². The Morgan fingerprint density at radius 2 is 1.68 bits per heavy atom. The van der Waals surface area contributed by atoms with Crippen LogP contribution in [0.1, 0.15) is 38.5 Å². The van der Waals surface area contributed by atoms with Crippen molar-refractivity contribution in [2.45, 2.75) is 45.1 Å². The number of halogens is 1. The quantitative estimate of drug-likeness (QED) is 0.241. The van der Waals surface area contributed by atoms with Gasteiger partial charge in [-0.05, 0) is 30.9 Å². The highest BCUT2D eigenvalue weighted by Crippen LogP contribution is 2.25. The number of rotatable bonds is 8. The minimum atomic E-state index is 0. The Kier molecular flexibility index (Phi) is 11.3. The monoisotopic (exact) mass is 461 g/mol. The van der Waals surface area contributed by atoms with Gasteiger partial charge in [0, 0.05) is 52.0 Å². The lowest BCUT2D eigenvalue weighted by Crippen LogP contribution is -2.42. The van der Waals surface area contributed by atoms with Gasteiger partial charge in [0.25, 0.3) is 0 Å². The number of amides is 1. The average molecular weight is 461 g/mol. The Bertz CT molecular complexity index is 498. The standard InChI is InChI=1S/C18H31N5O.HI/c1-19-18(22-11-14-23-12-5-6-13-23)21-10-9-20-17(24)15-16-7-3-2-4-8-16;/h5-6,12-13,16H,2-4,7-11,14-15H2,1H3,(H,20,24)(H2,19,21,22);1H. The molecule has 0 unspecified atom stereocenters. The van der Waals surface area contributed by atoms with Crippen LogP contribution in [0.3, 0.4) is 0 Å². The van der Waals surface area contributed by atoms with Gasteiger partial charge < -0.3 is 20.5 Å². The van der Waals surface area contributed by atoms with Crippen LogP contribution in [-0.2, 0) is 11.3 Å². The molecule has 0 aromatic carbocycles. The number of hydrogen-bond donors (Lipinski definition) is 3. The third-order valence-electron chi connectivity index (χ3n) is 4.49. The maximum Gasteiger partial charge on any atom is 0.220 e. The van der Waals surface area contributed by atoms with Crippen molar-refractivity contribution >= 4 is 35.8 Å². The molecule has 0 saturated heterocycles. The van der Waals surface area contributed by atoms with Crippen molar-refractivity contribution in [2.24, 2.45) is 10.9 Å². The van der Waals surface area contributed by atoms with Crippen molar-refractivity contribution in [3.8, 4) is 0 Å². The summed E-state index contributed by atoms with van der Waals surface area (Å²) in [5.74, 6) is 1.54. The molecule has 0 radical (unpaired) electrons. The summed E-state index contributed by atoms with van der Waals surface area (Å²) in [5, 5.41) is 9.49. The van der Waals surface area contributed by atoms with Gasteiger partial charge in [-0.2, -0.15) is 0 Å². The molecule has 6 nitrogen and oxygen atoms in total. The summed E-state index contributed by atoms with van der Waals surface area (Å²) >= 11 is 0. The SMILES string of the molecule is CN=C(NCCNC(=O)CC1CCCCC1)NCCn1cccc1.I. The number of carbonyl (C=O) groups is 1. The van der Waals surface area contributed by atoms with Gasteiger partial charge in [0.15, 0.2) is 5.96 Å². The summed E-state index contributed by atoms with van der Waals surface area (Å²) < 4.78 is 2.12. The van der Waals surface area contributed by atoms with Gasteiger partial charge in [-0.15, -0.1) is 24.0 Å². The van der Waals surface area contributed by atoms with E-state index in [9.17, 15) is 4.79 Å². The molecule has 1 heterocycles. The predicted octanol–water partition coefficient (Wildman–Crippen LogP) is 2.36. The smallest absolute Gasteiger partial charge is 0.220 e. The van der Waals surface area contributed by atoms with E-state index in [1.807, 2.05) is 24.5 Å². The fourth-order valence-electron chi connectivity index (χ4n) is 3.15. The van der Waals surface area contributed by atoms with E-state index >= 15 is 0 Å². The Hall–Kier alpha value is -1.25. The minimum absolute atomic E-state index is 0. The zero-order valence-corrected chi connectivity index (χ0v) is 17.5. The van der Waals surface area contributed by atoms with E-state index in [1.165, 1.54) is 32.1 Å².